The molecule has 0 N–H and O–H groups in total. The summed E-state index contributed by atoms with van der Waals surface area (Å²) in [6.07, 6.45) is 9.68. The van der Waals surface area contributed by atoms with E-state index >= 15 is 0 Å². The van der Waals surface area contributed by atoms with E-state index in [1.54, 1.807) is 0 Å². The van der Waals surface area contributed by atoms with Gasteiger partial charge in [-0.3, -0.25) is 4.90 Å². The van der Waals surface area contributed by atoms with Crippen molar-refractivity contribution in [2.75, 3.05) is 0 Å². The topological polar surface area (TPSA) is 20.5 Å². The highest BCUT2D eigenvalue weighted by Gasteiger charge is 2.25. The fourth-order valence-corrected chi connectivity index (χ4v) is 3.60. The van der Waals surface area contributed by atoms with Crippen LogP contribution in [0.5, 0.6) is 0 Å². The highest BCUT2D eigenvalue weighted by Crippen LogP contribution is 2.26. The Morgan fingerprint density at radius 1 is 1.30 bits per heavy atom. The largest absolute Gasteiger partial charge is 0.306 e. The molecule has 4 heteroatoms. The molecule has 20 heavy (non-hydrogen) atoms. The number of hydrogen-bond acceptors (Lipinski definition) is 2. The minimum Gasteiger partial charge on any atom is -0.306 e. The van der Waals surface area contributed by atoms with E-state index in [-0.39, 0.29) is 0 Å². The highest BCUT2D eigenvalue weighted by atomic mass is 79.9. The van der Waals surface area contributed by atoms with Gasteiger partial charge in [-0.15, -0.1) is 0 Å². The third-order valence-electron chi connectivity index (χ3n) is 4.27. The van der Waals surface area contributed by atoms with E-state index in [1.807, 2.05) is 6.07 Å². The molecule has 0 saturated heterocycles. The van der Waals surface area contributed by atoms with Gasteiger partial charge in [0.1, 0.15) is 5.65 Å². The minimum absolute atomic E-state index is 0.578. The van der Waals surface area contributed by atoms with E-state index < -0.39 is 0 Å². The molecule has 0 spiro atoms. The lowest BCUT2D eigenvalue weighted by Gasteiger charge is -2.31. The molecular formula is C16H22BrN3. The lowest BCUT2D eigenvalue weighted by Crippen LogP contribution is -2.38. The molecule has 1 aliphatic rings. The first kappa shape index (κ1) is 14.1. The number of hydrogen-bond donors (Lipinski definition) is 0. The van der Waals surface area contributed by atoms with Crippen LogP contribution in [0.3, 0.4) is 0 Å². The summed E-state index contributed by atoms with van der Waals surface area (Å²) in [4.78, 5) is 7.36. The molecule has 108 valence electrons. The zero-order valence-corrected chi connectivity index (χ0v) is 13.8. The average molecular weight is 336 g/mol. The molecule has 0 aliphatic heterocycles. The first-order chi connectivity index (χ1) is 9.63. The van der Waals surface area contributed by atoms with Gasteiger partial charge in [0.05, 0.1) is 5.69 Å². The van der Waals surface area contributed by atoms with Gasteiger partial charge >= 0.3 is 0 Å². The molecule has 0 bridgehead atoms. The minimum atomic E-state index is 0.578. The predicted molar refractivity (Wildman–Crippen MR) is 85.8 cm³/mol. The summed E-state index contributed by atoms with van der Waals surface area (Å²) >= 11 is 3.51. The summed E-state index contributed by atoms with van der Waals surface area (Å²) < 4.78 is 3.19. The summed E-state index contributed by atoms with van der Waals surface area (Å²) in [6.45, 7) is 5.55. The van der Waals surface area contributed by atoms with Crippen molar-refractivity contribution >= 4 is 21.6 Å². The molecule has 1 fully saturated rings. The number of aromatic nitrogens is 2. The van der Waals surface area contributed by atoms with Gasteiger partial charge in [-0.2, -0.15) is 0 Å². The van der Waals surface area contributed by atoms with E-state index in [1.165, 1.54) is 31.4 Å². The number of imidazole rings is 1. The Bertz CT molecular complexity index is 584. The standard InChI is InChI=1S/C16H22BrN3/c1-12(2)20(15-5-3-4-6-15)11-14-10-19-9-13(17)7-8-16(19)18-14/h7-10,12,15H,3-6,11H2,1-2H3. The van der Waals surface area contributed by atoms with Gasteiger partial charge < -0.3 is 4.40 Å². The Hall–Kier alpha value is -0.870. The van der Waals surface area contributed by atoms with Crippen LogP contribution in [0.15, 0.2) is 29.0 Å². The molecule has 0 atom stereocenters. The van der Waals surface area contributed by atoms with E-state index in [0.29, 0.717) is 6.04 Å². The second-order valence-corrected chi connectivity index (χ2v) is 6.97. The zero-order valence-electron chi connectivity index (χ0n) is 12.2. The van der Waals surface area contributed by atoms with Crippen molar-refractivity contribution in [3.8, 4) is 0 Å². The smallest absolute Gasteiger partial charge is 0.137 e. The van der Waals surface area contributed by atoms with Crippen LogP contribution in [0.2, 0.25) is 0 Å². The molecule has 3 nitrogen and oxygen atoms in total. The SMILES string of the molecule is CC(C)N(Cc1cn2cc(Br)ccc2n1)C1CCCC1. The number of halogens is 1. The fraction of sp³-hybridized carbons (Fsp3) is 0.562. The van der Waals surface area contributed by atoms with Gasteiger partial charge in [-0.05, 0) is 54.8 Å². The van der Waals surface area contributed by atoms with Crippen LogP contribution < -0.4 is 0 Å². The molecule has 2 aromatic heterocycles. The first-order valence-corrected chi connectivity index (χ1v) is 8.31. The van der Waals surface area contributed by atoms with Gasteiger partial charge in [-0.25, -0.2) is 4.98 Å². The van der Waals surface area contributed by atoms with Crippen LogP contribution in [-0.2, 0) is 6.54 Å². The summed E-state index contributed by atoms with van der Waals surface area (Å²) in [7, 11) is 0. The molecule has 1 saturated carbocycles. The predicted octanol–water partition coefficient (Wildman–Crippen LogP) is 4.25. The molecule has 0 aromatic carbocycles. The van der Waals surface area contributed by atoms with E-state index in [4.69, 9.17) is 4.98 Å². The number of pyridine rings is 1. The van der Waals surface area contributed by atoms with Crippen LogP contribution in [0.4, 0.5) is 0 Å². The van der Waals surface area contributed by atoms with Gasteiger partial charge in [0.15, 0.2) is 0 Å². The molecule has 0 radical (unpaired) electrons. The molecule has 0 amide bonds. The summed E-state index contributed by atoms with van der Waals surface area (Å²) in [5.74, 6) is 0. The Labute approximate surface area is 129 Å². The molecule has 0 unspecified atom stereocenters. The van der Waals surface area contributed by atoms with Gasteiger partial charge in [0.25, 0.3) is 0 Å². The number of fused-ring (bicyclic) bond motifs is 1. The zero-order chi connectivity index (χ0) is 14.1. The Balaban J connectivity index is 1.82. The van der Waals surface area contributed by atoms with Gasteiger partial charge in [-0.1, -0.05) is 12.8 Å². The third-order valence-corrected chi connectivity index (χ3v) is 4.74. The van der Waals surface area contributed by atoms with Crippen LogP contribution >= 0.6 is 15.9 Å². The average Bonchev–Trinajstić information content (AvgIpc) is 3.03. The van der Waals surface area contributed by atoms with E-state index in [0.717, 1.165) is 22.7 Å². The van der Waals surface area contributed by atoms with Gasteiger partial charge in [0, 0.05) is 35.5 Å². The first-order valence-electron chi connectivity index (χ1n) is 7.52. The van der Waals surface area contributed by atoms with Crippen molar-refractivity contribution in [3.63, 3.8) is 0 Å². The maximum atomic E-state index is 4.75. The maximum Gasteiger partial charge on any atom is 0.137 e. The molecule has 2 aromatic rings. The van der Waals surface area contributed by atoms with E-state index in [2.05, 4.69) is 57.5 Å². The maximum absolute atomic E-state index is 4.75. The van der Waals surface area contributed by atoms with Crippen molar-refractivity contribution < 1.29 is 0 Å². The second kappa shape index (κ2) is 5.86. The normalized spacial score (nSPS) is 16.9. The second-order valence-electron chi connectivity index (χ2n) is 6.05. The highest BCUT2D eigenvalue weighted by molar-refractivity contribution is 9.10. The molecule has 1 aliphatic carbocycles. The quantitative estimate of drug-likeness (QED) is 0.832. The van der Waals surface area contributed by atoms with Crippen LogP contribution in [0, 0.1) is 0 Å². The van der Waals surface area contributed by atoms with Crippen molar-refractivity contribution in [1.29, 1.82) is 0 Å². The summed E-state index contributed by atoms with van der Waals surface area (Å²) in [5, 5.41) is 0. The Kier molecular flexibility index (Phi) is 4.13. The van der Waals surface area contributed by atoms with Crippen LogP contribution in [0.25, 0.3) is 5.65 Å². The van der Waals surface area contributed by atoms with Crippen LogP contribution in [-0.4, -0.2) is 26.4 Å². The monoisotopic (exact) mass is 335 g/mol. The third kappa shape index (κ3) is 2.91. The lowest BCUT2D eigenvalue weighted by molar-refractivity contribution is 0.144. The molecule has 3 rings (SSSR count). The van der Waals surface area contributed by atoms with Crippen LogP contribution in [0.1, 0.15) is 45.2 Å². The molecular weight excluding hydrogens is 314 g/mol. The van der Waals surface area contributed by atoms with Crippen molar-refractivity contribution in [2.24, 2.45) is 0 Å². The molecule has 2 heterocycles. The Morgan fingerprint density at radius 3 is 2.75 bits per heavy atom. The number of nitrogens with zero attached hydrogens (tertiary/aromatic N) is 3. The lowest BCUT2D eigenvalue weighted by atomic mass is 10.1. The van der Waals surface area contributed by atoms with Crippen molar-refractivity contribution in [1.82, 2.24) is 14.3 Å². The number of rotatable bonds is 4. The van der Waals surface area contributed by atoms with Gasteiger partial charge in [0.2, 0.25) is 0 Å². The van der Waals surface area contributed by atoms with E-state index in [9.17, 15) is 0 Å². The van der Waals surface area contributed by atoms with Crippen molar-refractivity contribution in [2.45, 2.75) is 58.2 Å². The summed E-state index contributed by atoms with van der Waals surface area (Å²) in [5.41, 5.74) is 2.20. The van der Waals surface area contributed by atoms with Crippen molar-refractivity contribution in [3.05, 3.63) is 34.7 Å². The Morgan fingerprint density at radius 2 is 2.05 bits per heavy atom. The summed E-state index contributed by atoms with van der Waals surface area (Å²) in [6, 6.07) is 5.42. The fourth-order valence-electron chi connectivity index (χ4n) is 3.25.